The van der Waals surface area contributed by atoms with E-state index >= 15 is 0 Å². The lowest BCUT2D eigenvalue weighted by Crippen LogP contribution is -2.26. The number of hydrogen-bond donors (Lipinski definition) is 0. The van der Waals surface area contributed by atoms with E-state index in [1.807, 2.05) is 6.07 Å². The Labute approximate surface area is 109 Å². The Morgan fingerprint density at radius 2 is 2.16 bits per heavy atom. The van der Waals surface area contributed by atoms with Crippen molar-refractivity contribution in [1.29, 1.82) is 5.26 Å². The van der Waals surface area contributed by atoms with Gasteiger partial charge in [0.25, 0.3) is 5.91 Å². The molecule has 0 aliphatic carbocycles. The van der Waals surface area contributed by atoms with Gasteiger partial charge in [-0.25, -0.2) is 9.37 Å². The quantitative estimate of drug-likeness (QED) is 0.827. The summed E-state index contributed by atoms with van der Waals surface area (Å²) in [6.45, 7) is 0. The van der Waals surface area contributed by atoms with Gasteiger partial charge in [0.05, 0.1) is 5.56 Å². The van der Waals surface area contributed by atoms with Crippen LogP contribution in [0.4, 0.5) is 10.1 Å². The topological polar surface area (TPSA) is 57.0 Å². The molecule has 0 N–H and O–H groups in total. The predicted molar refractivity (Wildman–Crippen MR) is 68.1 cm³/mol. The van der Waals surface area contributed by atoms with E-state index in [4.69, 9.17) is 5.26 Å². The third kappa shape index (κ3) is 2.75. The molecule has 19 heavy (non-hydrogen) atoms. The van der Waals surface area contributed by atoms with E-state index in [9.17, 15) is 9.18 Å². The average molecular weight is 255 g/mol. The molecule has 0 atom stereocenters. The largest absolute Gasteiger partial charge is 0.311 e. The number of nitriles is 1. The summed E-state index contributed by atoms with van der Waals surface area (Å²) < 4.78 is 13.1. The van der Waals surface area contributed by atoms with Crippen molar-refractivity contribution in [3.8, 4) is 6.07 Å². The Bertz CT molecular complexity index is 646. The Morgan fingerprint density at radius 3 is 2.74 bits per heavy atom. The monoisotopic (exact) mass is 255 g/mol. The minimum Gasteiger partial charge on any atom is -0.311 e. The van der Waals surface area contributed by atoms with Gasteiger partial charge in [-0.15, -0.1) is 0 Å². The third-order valence-corrected chi connectivity index (χ3v) is 2.63. The molecule has 0 aliphatic heterocycles. The zero-order chi connectivity index (χ0) is 13.8. The maximum Gasteiger partial charge on any atom is 0.259 e. The zero-order valence-corrected chi connectivity index (χ0v) is 10.2. The van der Waals surface area contributed by atoms with Crippen molar-refractivity contribution in [2.24, 2.45) is 0 Å². The lowest BCUT2D eigenvalue weighted by molar-refractivity contribution is 0.0992. The number of hydrogen-bond acceptors (Lipinski definition) is 3. The first-order chi connectivity index (χ1) is 9.11. The molecule has 1 heterocycles. The van der Waals surface area contributed by atoms with Crippen molar-refractivity contribution >= 4 is 11.6 Å². The standard InChI is InChI=1S/C14H10FN3O/c1-18(13-4-2-3-11(15)7-13)14(19)10-5-6-12(8-16)17-9-10/h2-7,9H,1H3. The van der Waals surface area contributed by atoms with Crippen LogP contribution in [0.5, 0.6) is 0 Å². The molecule has 4 nitrogen and oxygen atoms in total. The van der Waals surface area contributed by atoms with Gasteiger partial charge in [-0.1, -0.05) is 6.07 Å². The van der Waals surface area contributed by atoms with Crippen molar-refractivity contribution in [1.82, 2.24) is 4.98 Å². The van der Waals surface area contributed by atoms with E-state index in [1.165, 1.54) is 41.4 Å². The molecule has 1 aromatic carbocycles. The number of anilines is 1. The van der Waals surface area contributed by atoms with Gasteiger partial charge in [0.15, 0.2) is 0 Å². The highest BCUT2D eigenvalue weighted by molar-refractivity contribution is 6.05. The number of nitrogens with zero attached hydrogens (tertiary/aromatic N) is 3. The van der Waals surface area contributed by atoms with Gasteiger partial charge >= 0.3 is 0 Å². The van der Waals surface area contributed by atoms with Crippen LogP contribution in [0.25, 0.3) is 0 Å². The molecule has 2 rings (SSSR count). The van der Waals surface area contributed by atoms with Crippen molar-refractivity contribution in [3.05, 3.63) is 59.7 Å². The Balaban J connectivity index is 2.26. The number of carbonyl (C=O) groups excluding carboxylic acids is 1. The van der Waals surface area contributed by atoms with Crippen molar-refractivity contribution < 1.29 is 9.18 Å². The Morgan fingerprint density at radius 1 is 1.37 bits per heavy atom. The Hall–Kier alpha value is -2.74. The van der Waals surface area contributed by atoms with Crippen molar-refractivity contribution in [2.45, 2.75) is 0 Å². The smallest absolute Gasteiger partial charge is 0.259 e. The van der Waals surface area contributed by atoms with Crippen LogP contribution in [0.1, 0.15) is 16.1 Å². The second kappa shape index (κ2) is 5.27. The summed E-state index contributed by atoms with van der Waals surface area (Å²) in [5.74, 6) is -0.724. The molecular formula is C14H10FN3O. The molecule has 0 bridgehead atoms. The van der Waals surface area contributed by atoms with Crippen molar-refractivity contribution in [3.63, 3.8) is 0 Å². The molecular weight excluding hydrogens is 245 g/mol. The van der Waals surface area contributed by atoms with Gasteiger partial charge in [-0.05, 0) is 30.3 Å². The molecule has 0 unspecified atom stereocenters. The Kier molecular flexibility index (Phi) is 3.53. The summed E-state index contributed by atoms with van der Waals surface area (Å²) in [5, 5.41) is 8.64. The predicted octanol–water partition coefficient (Wildman–Crippen LogP) is 2.37. The summed E-state index contributed by atoms with van der Waals surface area (Å²) in [6, 6.07) is 10.6. The van der Waals surface area contributed by atoms with E-state index in [2.05, 4.69) is 4.98 Å². The molecule has 0 spiro atoms. The average Bonchev–Trinajstić information content (AvgIpc) is 2.46. The summed E-state index contributed by atoms with van der Waals surface area (Å²) in [4.78, 5) is 17.3. The van der Waals surface area contributed by atoms with E-state index in [0.717, 1.165) is 0 Å². The van der Waals surface area contributed by atoms with Crippen molar-refractivity contribution in [2.75, 3.05) is 11.9 Å². The first-order valence-electron chi connectivity index (χ1n) is 5.51. The number of halogens is 1. The molecule has 0 saturated carbocycles. The van der Waals surface area contributed by atoms with Gasteiger partial charge in [-0.3, -0.25) is 4.79 Å². The summed E-state index contributed by atoms with van der Waals surface area (Å²) in [6.07, 6.45) is 1.33. The molecule has 1 aromatic heterocycles. The molecule has 0 radical (unpaired) electrons. The highest BCUT2D eigenvalue weighted by Crippen LogP contribution is 2.16. The van der Waals surface area contributed by atoms with E-state index in [0.29, 0.717) is 11.3 Å². The first-order valence-corrected chi connectivity index (χ1v) is 5.51. The van der Waals surface area contributed by atoms with Gasteiger partial charge in [-0.2, -0.15) is 5.26 Å². The fraction of sp³-hybridized carbons (Fsp3) is 0.0714. The van der Waals surface area contributed by atoms with Crippen LogP contribution in [0, 0.1) is 17.1 Å². The number of benzene rings is 1. The van der Waals surface area contributed by atoms with Gasteiger partial charge in [0.1, 0.15) is 17.6 Å². The fourth-order valence-electron chi connectivity index (χ4n) is 1.58. The lowest BCUT2D eigenvalue weighted by Gasteiger charge is -2.17. The van der Waals surface area contributed by atoms with Gasteiger partial charge in [0.2, 0.25) is 0 Å². The highest BCUT2D eigenvalue weighted by Gasteiger charge is 2.14. The van der Waals surface area contributed by atoms with Crippen LogP contribution in [-0.4, -0.2) is 17.9 Å². The van der Waals surface area contributed by atoms with Gasteiger partial charge in [0, 0.05) is 18.9 Å². The molecule has 1 amide bonds. The van der Waals surface area contributed by atoms with Crippen LogP contribution in [-0.2, 0) is 0 Å². The minimum absolute atomic E-state index is 0.241. The first kappa shape index (κ1) is 12.7. The number of amides is 1. The minimum atomic E-state index is -0.407. The molecule has 2 aromatic rings. The van der Waals surface area contributed by atoms with E-state index in [-0.39, 0.29) is 11.6 Å². The maximum atomic E-state index is 13.1. The summed E-state index contributed by atoms with van der Waals surface area (Å²) >= 11 is 0. The number of pyridine rings is 1. The molecule has 0 aliphatic rings. The third-order valence-electron chi connectivity index (χ3n) is 2.63. The highest BCUT2D eigenvalue weighted by atomic mass is 19.1. The number of aromatic nitrogens is 1. The van der Waals surface area contributed by atoms with E-state index < -0.39 is 5.82 Å². The zero-order valence-electron chi connectivity index (χ0n) is 10.2. The number of rotatable bonds is 2. The molecule has 0 saturated heterocycles. The normalized spacial score (nSPS) is 9.74. The van der Waals surface area contributed by atoms with Crippen LogP contribution in [0.3, 0.4) is 0 Å². The second-order valence-electron chi connectivity index (χ2n) is 3.89. The molecule has 0 fully saturated rings. The van der Waals surface area contributed by atoms with Crippen LogP contribution >= 0.6 is 0 Å². The second-order valence-corrected chi connectivity index (χ2v) is 3.89. The van der Waals surface area contributed by atoms with Crippen LogP contribution in [0.15, 0.2) is 42.6 Å². The van der Waals surface area contributed by atoms with Crippen LogP contribution in [0.2, 0.25) is 0 Å². The summed E-state index contributed by atoms with van der Waals surface area (Å²) in [7, 11) is 1.55. The van der Waals surface area contributed by atoms with E-state index in [1.54, 1.807) is 13.1 Å². The summed E-state index contributed by atoms with van der Waals surface area (Å²) in [5.41, 5.74) is 1.03. The SMILES string of the molecule is CN(C(=O)c1ccc(C#N)nc1)c1cccc(F)c1. The lowest BCUT2D eigenvalue weighted by atomic mass is 10.2. The maximum absolute atomic E-state index is 13.1. The fourth-order valence-corrected chi connectivity index (χ4v) is 1.58. The molecule has 94 valence electrons. The van der Waals surface area contributed by atoms with Gasteiger partial charge < -0.3 is 4.90 Å². The molecule has 5 heteroatoms. The number of carbonyl (C=O) groups is 1. The van der Waals surface area contributed by atoms with Crippen LogP contribution < -0.4 is 4.90 Å².